The summed E-state index contributed by atoms with van der Waals surface area (Å²) >= 11 is 0. The molecule has 5 heteroatoms. The highest BCUT2D eigenvalue weighted by Gasteiger charge is 2.13. The van der Waals surface area contributed by atoms with E-state index in [0.29, 0.717) is 16.7 Å². The lowest BCUT2D eigenvalue weighted by molar-refractivity contribution is 0.0990. The minimum absolute atomic E-state index is 0.0296. The van der Waals surface area contributed by atoms with Gasteiger partial charge in [-0.25, -0.2) is 0 Å². The molecule has 0 atom stereocenters. The molecule has 2 rings (SSSR count). The number of carbonyl (C=O) groups is 2. The summed E-state index contributed by atoms with van der Waals surface area (Å²) < 4.78 is 0. The van der Waals surface area contributed by atoms with Gasteiger partial charge in [-0.2, -0.15) is 0 Å². The number of hydrogen-bond donors (Lipinski definition) is 3. The summed E-state index contributed by atoms with van der Waals surface area (Å²) in [5, 5.41) is 10.0. The first-order chi connectivity index (χ1) is 9.00. The average Bonchev–Trinajstić information content (AvgIpc) is 2.38. The van der Waals surface area contributed by atoms with Crippen molar-refractivity contribution in [1.29, 1.82) is 0 Å². The van der Waals surface area contributed by atoms with E-state index in [0.717, 1.165) is 0 Å². The number of aromatic hydroxyl groups is 1. The number of para-hydroxylation sites is 1. The van der Waals surface area contributed by atoms with Crippen molar-refractivity contribution in [2.45, 2.75) is 0 Å². The summed E-state index contributed by atoms with van der Waals surface area (Å²) in [6, 6.07) is 11.1. The van der Waals surface area contributed by atoms with Crippen molar-refractivity contribution in [2.24, 2.45) is 11.5 Å². The number of amides is 2. The lowest BCUT2D eigenvalue weighted by Crippen LogP contribution is -2.11. The minimum Gasteiger partial charge on any atom is -0.506 e. The molecule has 19 heavy (non-hydrogen) atoms. The Morgan fingerprint density at radius 1 is 0.947 bits per heavy atom. The van der Waals surface area contributed by atoms with Crippen LogP contribution >= 0.6 is 0 Å². The smallest absolute Gasteiger partial charge is 0.252 e. The first-order valence-corrected chi connectivity index (χ1v) is 5.52. The molecule has 0 radical (unpaired) electrons. The fourth-order valence-corrected chi connectivity index (χ4v) is 1.82. The third-order valence-corrected chi connectivity index (χ3v) is 2.76. The molecule has 0 bridgehead atoms. The van der Waals surface area contributed by atoms with E-state index in [-0.39, 0.29) is 11.3 Å². The Kier molecular flexibility index (Phi) is 3.20. The number of phenols is 1. The van der Waals surface area contributed by atoms with Gasteiger partial charge >= 0.3 is 0 Å². The van der Waals surface area contributed by atoms with E-state index >= 15 is 0 Å². The van der Waals surface area contributed by atoms with Crippen molar-refractivity contribution in [3.63, 3.8) is 0 Å². The van der Waals surface area contributed by atoms with Crippen molar-refractivity contribution >= 4 is 11.8 Å². The SMILES string of the molecule is NC(=O)c1cccc(-c2cccc(C(N)=O)c2O)c1. The van der Waals surface area contributed by atoms with Crippen molar-refractivity contribution < 1.29 is 14.7 Å². The van der Waals surface area contributed by atoms with Crippen LogP contribution in [0.5, 0.6) is 5.75 Å². The summed E-state index contributed by atoms with van der Waals surface area (Å²) in [6.45, 7) is 0. The number of carbonyl (C=O) groups excluding carboxylic acids is 2. The Morgan fingerprint density at radius 2 is 1.63 bits per heavy atom. The molecule has 0 aliphatic carbocycles. The molecule has 2 aromatic carbocycles. The molecular formula is C14H12N2O3. The van der Waals surface area contributed by atoms with Crippen LogP contribution in [0.2, 0.25) is 0 Å². The van der Waals surface area contributed by atoms with Crippen molar-refractivity contribution in [2.75, 3.05) is 0 Å². The van der Waals surface area contributed by atoms with Gasteiger partial charge in [-0.15, -0.1) is 0 Å². The highest BCUT2D eigenvalue weighted by atomic mass is 16.3. The number of benzene rings is 2. The van der Waals surface area contributed by atoms with Crippen molar-refractivity contribution in [3.8, 4) is 16.9 Å². The van der Waals surface area contributed by atoms with Gasteiger partial charge in [0.25, 0.3) is 5.91 Å². The Bertz CT molecular complexity index is 665. The maximum atomic E-state index is 11.2. The van der Waals surface area contributed by atoms with E-state index in [4.69, 9.17) is 11.5 Å². The highest BCUT2D eigenvalue weighted by Crippen LogP contribution is 2.32. The van der Waals surface area contributed by atoms with Crippen LogP contribution in [0.3, 0.4) is 0 Å². The molecule has 5 nitrogen and oxygen atoms in total. The lowest BCUT2D eigenvalue weighted by atomic mass is 9.99. The Hall–Kier alpha value is -2.82. The maximum Gasteiger partial charge on any atom is 0.252 e. The molecular weight excluding hydrogens is 244 g/mol. The van der Waals surface area contributed by atoms with Gasteiger partial charge < -0.3 is 16.6 Å². The maximum absolute atomic E-state index is 11.2. The molecule has 0 saturated heterocycles. The normalized spacial score (nSPS) is 10.1. The standard InChI is InChI=1S/C14H12N2O3/c15-13(18)9-4-1-3-8(7-9)10-5-2-6-11(12(10)17)14(16)19/h1-7,17H,(H2,15,18)(H2,16,19). The molecule has 0 aliphatic rings. The van der Waals surface area contributed by atoms with Gasteiger partial charge in [-0.1, -0.05) is 24.3 Å². The van der Waals surface area contributed by atoms with Crippen LogP contribution in [0.1, 0.15) is 20.7 Å². The molecule has 0 aromatic heterocycles. The van der Waals surface area contributed by atoms with E-state index in [1.165, 1.54) is 6.07 Å². The van der Waals surface area contributed by atoms with Gasteiger partial charge in [0.15, 0.2) is 0 Å². The number of nitrogens with two attached hydrogens (primary N) is 2. The van der Waals surface area contributed by atoms with Gasteiger partial charge in [0.2, 0.25) is 5.91 Å². The summed E-state index contributed by atoms with van der Waals surface area (Å²) in [5.41, 5.74) is 11.7. The largest absolute Gasteiger partial charge is 0.506 e. The van der Waals surface area contributed by atoms with E-state index in [2.05, 4.69) is 0 Å². The Labute approximate surface area is 109 Å². The molecule has 2 aromatic rings. The van der Waals surface area contributed by atoms with Gasteiger partial charge in [0.05, 0.1) is 5.56 Å². The molecule has 0 unspecified atom stereocenters. The van der Waals surface area contributed by atoms with Crippen LogP contribution < -0.4 is 11.5 Å². The molecule has 0 spiro atoms. The predicted molar refractivity (Wildman–Crippen MR) is 70.6 cm³/mol. The van der Waals surface area contributed by atoms with Gasteiger partial charge in [0.1, 0.15) is 5.75 Å². The zero-order chi connectivity index (χ0) is 14.0. The summed E-state index contributed by atoms with van der Waals surface area (Å²) in [4.78, 5) is 22.3. The Balaban J connectivity index is 2.59. The summed E-state index contributed by atoms with van der Waals surface area (Å²) in [5.74, 6) is -1.49. The highest BCUT2D eigenvalue weighted by molar-refractivity contribution is 5.99. The number of hydrogen-bond acceptors (Lipinski definition) is 3. The van der Waals surface area contributed by atoms with Crippen molar-refractivity contribution in [1.82, 2.24) is 0 Å². The molecule has 0 saturated carbocycles. The van der Waals surface area contributed by atoms with Crippen LogP contribution in [0.4, 0.5) is 0 Å². The zero-order valence-electron chi connectivity index (χ0n) is 9.96. The van der Waals surface area contributed by atoms with Crippen LogP contribution in [0, 0.1) is 0 Å². The quantitative estimate of drug-likeness (QED) is 0.769. The second-order valence-electron chi connectivity index (χ2n) is 4.01. The van der Waals surface area contributed by atoms with Crippen LogP contribution in [-0.4, -0.2) is 16.9 Å². The molecule has 0 aliphatic heterocycles. The number of primary amides is 2. The minimum atomic E-state index is -0.717. The topological polar surface area (TPSA) is 106 Å². The molecule has 0 heterocycles. The summed E-state index contributed by atoms with van der Waals surface area (Å²) in [6.07, 6.45) is 0. The number of rotatable bonds is 3. The second-order valence-corrected chi connectivity index (χ2v) is 4.01. The van der Waals surface area contributed by atoms with Crippen molar-refractivity contribution in [3.05, 3.63) is 53.6 Å². The van der Waals surface area contributed by atoms with E-state index < -0.39 is 11.8 Å². The van der Waals surface area contributed by atoms with E-state index in [1.807, 2.05) is 0 Å². The molecule has 0 fully saturated rings. The van der Waals surface area contributed by atoms with E-state index in [9.17, 15) is 14.7 Å². The molecule has 5 N–H and O–H groups in total. The van der Waals surface area contributed by atoms with Gasteiger partial charge in [0, 0.05) is 11.1 Å². The van der Waals surface area contributed by atoms with Crippen LogP contribution in [0.25, 0.3) is 11.1 Å². The monoisotopic (exact) mass is 256 g/mol. The van der Waals surface area contributed by atoms with Gasteiger partial charge in [-0.3, -0.25) is 9.59 Å². The second kappa shape index (κ2) is 4.81. The lowest BCUT2D eigenvalue weighted by Gasteiger charge is -2.08. The van der Waals surface area contributed by atoms with E-state index in [1.54, 1.807) is 36.4 Å². The average molecular weight is 256 g/mol. The summed E-state index contributed by atoms with van der Waals surface area (Å²) in [7, 11) is 0. The third-order valence-electron chi connectivity index (χ3n) is 2.76. The van der Waals surface area contributed by atoms with Crippen LogP contribution in [0.15, 0.2) is 42.5 Å². The molecule has 96 valence electrons. The zero-order valence-corrected chi connectivity index (χ0v) is 9.96. The Morgan fingerprint density at radius 3 is 2.26 bits per heavy atom. The fourth-order valence-electron chi connectivity index (χ4n) is 1.82. The molecule has 2 amide bonds. The predicted octanol–water partition coefficient (Wildman–Crippen LogP) is 1.26. The third kappa shape index (κ3) is 2.40. The first-order valence-electron chi connectivity index (χ1n) is 5.52. The van der Waals surface area contributed by atoms with Gasteiger partial charge in [-0.05, 0) is 23.8 Å². The first kappa shape index (κ1) is 12.6. The fraction of sp³-hybridized carbons (Fsp3) is 0. The van der Waals surface area contributed by atoms with Crippen LogP contribution in [-0.2, 0) is 0 Å².